The largest absolute Gasteiger partial charge is 0.395 e. The predicted octanol–water partition coefficient (Wildman–Crippen LogP) is 1.03. The Hall–Kier alpha value is -0.950. The summed E-state index contributed by atoms with van der Waals surface area (Å²) in [5.41, 5.74) is 1.47. The number of rotatable bonds is 5. The summed E-state index contributed by atoms with van der Waals surface area (Å²) < 4.78 is 6.12. The fourth-order valence-electron chi connectivity index (χ4n) is 1.52. The van der Waals surface area contributed by atoms with Gasteiger partial charge in [0.15, 0.2) is 5.58 Å². The Morgan fingerprint density at radius 2 is 2.12 bits per heavy atom. The molecule has 0 saturated carbocycles. The molecule has 0 bridgehead atoms. The summed E-state index contributed by atoms with van der Waals surface area (Å²) in [7, 11) is 0. The van der Waals surface area contributed by atoms with E-state index < -0.39 is 0 Å². The maximum atomic E-state index is 8.93. The second-order valence-electron chi connectivity index (χ2n) is 3.71. The minimum absolute atomic E-state index is 0.113. The van der Waals surface area contributed by atoms with Crippen LogP contribution < -0.4 is 5.32 Å². The molecule has 0 radical (unpaired) electrons. The molecular weight excluding hydrogens is 288 g/mol. The summed E-state index contributed by atoms with van der Waals surface area (Å²) >= 11 is 3.36. The van der Waals surface area contributed by atoms with Crippen LogP contribution in [0.5, 0.6) is 0 Å². The zero-order valence-electron chi connectivity index (χ0n) is 9.06. The van der Waals surface area contributed by atoms with Gasteiger partial charge in [-0.15, -0.1) is 0 Å². The molecule has 17 heavy (non-hydrogen) atoms. The first-order valence-corrected chi connectivity index (χ1v) is 6.03. The number of benzene rings is 1. The number of halogens is 1. The number of aliphatic hydroxyl groups excluding tert-OH is 2. The third-order valence-corrected chi connectivity index (χ3v) is 3.00. The third kappa shape index (κ3) is 2.84. The minimum Gasteiger partial charge on any atom is -0.395 e. The van der Waals surface area contributed by atoms with E-state index in [4.69, 9.17) is 14.7 Å². The fourth-order valence-corrected chi connectivity index (χ4v) is 1.86. The highest BCUT2D eigenvalue weighted by Crippen LogP contribution is 2.22. The molecule has 2 aromatic rings. The van der Waals surface area contributed by atoms with Crippen LogP contribution in [0.3, 0.4) is 0 Å². The summed E-state index contributed by atoms with van der Waals surface area (Å²) in [5, 5.41) is 25.7. The molecule has 2 rings (SSSR count). The summed E-state index contributed by atoms with van der Waals surface area (Å²) in [6.45, 7) is 0.218. The standard InChI is InChI=1S/C11H13BrN2O3/c12-7-1-2-9-10(14-17-11(9)3-7)4-13-8(5-15)6-16/h1-3,8,13,15-16H,4-6H2. The van der Waals surface area contributed by atoms with E-state index in [1.807, 2.05) is 18.2 Å². The van der Waals surface area contributed by atoms with Crippen LogP contribution in [0.1, 0.15) is 5.69 Å². The van der Waals surface area contributed by atoms with Crippen LogP contribution >= 0.6 is 15.9 Å². The van der Waals surface area contributed by atoms with Gasteiger partial charge in [0.25, 0.3) is 0 Å². The molecule has 1 aromatic carbocycles. The average molecular weight is 301 g/mol. The van der Waals surface area contributed by atoms with Crippen LogP contribution in [0.25, 0.3) is 11.0 Å². The van der Waals surface area contributed by atoms with E-state index in [0.29, 0.717) is 12.1 Å². The van der Waals surface area contributed by atoms with Crippen LogP contribution in [-0.4, -0.2) is 34.6 Å². The predicted molar refractivity (Wildman–Crippen MR) is 66.5 cm³/mol. The van der Waals surface area contributed by atoms with E-state index in [0.717, 1.165) is 15.6 Å². The summed E-state index contributed by atoms with van der Waals surface area (Å²) in [6, 6.07) is 5.34. The molecule has 0 aliphatic rings. The van der Waals surface area contributed by atoms with Crippen LogP contribution in [0.15, 0.2) is 27.2 Å². The lowest BCUT2D eigenvalue weighted by molar-refractivity contribution is 0.169. The molecule has 5 nitrogen and oxygen atoms in total. The van der Waals surface area contributed by atoms with E-state index in [1.165, 1.54) is 0 Å². The Balaban J connectivity index is 2.14. The van der Waals surface area contributed by atoms with E-state index in [1.54, 1.807) is 0 Å². The van der Waals surface area contributed by atoms with Gasteiger partial charge in [0.1, 0.15) is 5.69 Å². The normalized spacial score (nSPS) is 11.5. The smallest absolute Gasteiger partial charge is 0.168 e. The van der Waals surface area contributed by atoms with Crippen molar-refractivity contribution >= 4 is 26.9 Å². The summed E-state index contributed by atoms with van der Waals surface area (Å²) in [6.07, 6.45) is 0. The Morgan fingerprint density at radius 1 is 1.35 bits per heavy atom. The zero-order valence-corrected chi connectivity index (χ0v) is 10.6. The van der Waals surface area contributed by atoms with Crippen LogP contribution in [-0.2, 0) is 6.54 Å². The second-order valence-corrected chi connectivity index (χ2v) is 4.63. The third-order valence-electron chi connectivity index (χ3n) is 2.51. The van der Waals surface area contributed by atoms with E-state index in [2.05, 4.69) is 26.4 Å². The van der Waals surface area contributed by atoms with Gasteiger partial charge in [0.2, 0.25) is 0 Å². The van der Waals surface area contributed by atoms with Crippen LogP contribution in [0.2, 0.25) is 0 Å². The van der Waals surface area contributed by atoms with E-state index >= 15 is 0 Å². The molecule has 0 fully saturated rings. The molecule has 0 amide bonds. The average Bonchev–Trinajstić information content (AvgIpc) is 2.73. The minimum atomic E-state index is -0.336. The SMILES string of the molecule is OCC(CO)NCc1noc2cc(Br)ccc12. The Kier molecular flexibility index (Phi) is 4.11. The molecule has 1 heterocycles. The molecule has 0 atom stereocenters. The zero-order chi connectivity index (χ0) is 12.3. The van der Waals surface area contributed by atoms with Crippen molar-refractivity contribution in [1.82, 2.24) is 10.5 Å². The molecule has 6 heteroatoms. The van der Waals surface area contributed by atoms with Gasteiger partial charge in [-0.1, -0.05) is 21.1 Å². The van der Waals surface area contributed by atoms with Gasteiger partial charge in [0.05, 0.1) is 19.3 Å². The highest BCUT2D eigenvalue weighted by atomic mass is 79.9. The number of hydrogen-bond acceptors (Lipinski definition) is 5. The van der Waals surface area contributed by atoms with E-state index in [-0.39, 0.29) is 19.3 Å². The molecule has 0 aliphatic heterocycles. The number of nitrogens with zero attached hydrogens (tertiary/aromatic N) is 1. The van der Waals surface area contributed by atoms with Crippen molar-refractivity contribution < 1.29 is 14.7 Å². The van der Waals surface area contributed by atoms with Gasteiger partial charge in [-0.25, -0.2) is 0 Å². The van der Waals surface area contributed by atoms with Gasteiger partial charge in [0, 0.05) is 16.4 Å². The number of hydrogen-bond donors (Lipinski definition) is 3. The molecule has 0 aliphatic carbocycles. The lowest BCUT2D eigenvalue weighted by Crippen LogP contribution is -2.35. The van der Waals surface area contributed by atoms with Gasteiger partial charge in [-0.3, -0.25) is 0 Å². The monoisotopic (exact) mass is 300 g/mol. The first-order valence-electron chi connectivity index (χ1n) is 5.23. The lowest BCUT2D eigenvalue weighted by Gasteiger charge is -2.11. The molecule has 1 aromatic heterocycles. The number of nitrogens with one attached hydrogen (secondary N) is 1. The highest BCUT2D eigenvalue weighted by Gasteiger charge is 2.10. The topological polar surface area (TPSA) is 78.5 Å². The van der Waals surface area contributed by atoms with Gasteiger partial charge < -0.3 is 20.1 Å². The lowest BCUT2D eigenvalue weighted by atomic mass is 10.2. The summed E-state index contributed by atoms with van der Waals surface area (Å²) in [4.78, 5) is 0. The first kappa shape index (κ1) is 12.5. The van der Waals surface area contributed by atoms with Crippen molar-refractivity contribution in [1.29, 1.82) is 0 Å². The van der Waals surface area contributed by atoms with E-state index in [9.17, 15) is 0 Å². The number of aliphatic hydroxyl groups is 2. The highest BCUT2D eigenvalue weighted by molar-refractivity contribution is 9.10. The van der Waals surface area contributed by atoms with Gasteiger partial charge in [-0.2, -0.15) is 0 Å². The first-order chi connectivity index (χ1) is 8.24. The quantitative estimate of drug-likeness (QED) is 0.769. The molecule has 0 spiro atoms. The molecule has 0 unspecified atom stereocenters. The van der Waals surface area contributed by atoms with Crippen LogP contribution in [0, 0.1) is 0 Å². The van der Waals surface area contributed by atoms with Crippen molar-refractivity contribution in [3.8, 4) is 0 Å². The Labute approximate surface area is 107 Å². The number of fused-ring (bicyclic) bond motifs is 1. The maximum Gasteiger partial charge on any atom is 0.168 e. The van der Waals surface area contributed by atoms with Crippen LogP contribution in [0.4, 0.5) is 0 Å². The van der Waals surface area contributed by atoms with Crippen molar-refractivity contribution in [2.24, 2.45) is 0 Å². The van der Waals surface area contributed by atoms with Crippen molar-refractivity contribution in [3.05, 3.63) is 28.4 Å². The molecular formula is C11H13BrN2O3. The van der Waals surface area contributed by atoms with Crippen molar-refractivity contribution in [2.75, 3.05) is 13.2 Å². The molecule has 92 valence electrons. The van der Waals surface area contributed by atoms with Gasteiger partial charge >= 0.3 is 0 Å². The van der Waals surface area contributed by atoms with Crippen molar-refractivity contribution in [2.45, 2.75) is 12.6 Å². The Bertz CT molecular complexity index is 496. The summed E-state index contributed by atoms with van der Waals surface area (Å²) in [5.74, 6) is 0. The van der Waals surface area contributed by atoms with Gasteiger partial charge in [-0.05, 0) is 18.2 Å². The maximum absolute atomic E-state index is 8.93. The van der Waals surface area contributed by atoms with Crippen molar-refractivity contribution in [3.63, 3.8) is 0 Å². The molecule has 3 N–H and O–H groups in total. The number of aromatic nitrogens is 1. The molecule has 0 saturated heterocycles. The fraction of sp³-hybridized carbons (Fsp3) is 0.364. The Morgan fingerprint density at radius 3 is 2.82 bits per heavy atom. The second kappa shape index (κ2) is 5.59.